The minimum Gasteiger partial charge on any atom is -0.497 e. The summed E-state index contributed by atoms with van der Waals surface area (Å²) in [6, 6.07) is 4.56. The highest BCUT2D eigenvalue weighted by Crippen LogP contribution is 2.22. The van der Waals surface area contributed by atoms with Crippen LogP contribution < -0.4 is 4.74 Å². The van der Waals surface area contributed by atoms with Gasteiger partial charge in [0.2, 0.25) is 0 Å². The van der Waals surface area contributed by atoms with Crippen LogP contribution in [0.3, 0.4) is 0 Å². The number of carboxylic acid groups (broad SMARTS) is 1. The van der Waals surface area contributed by atoms with Gasteiger partial charge in [0.1, 0.15) is 11.5 Å². The lowest BCUT2D eigenvalue weighted by atomic mass is 10.0. The van der Waals surface area contributed by atoms with Crippen molar-refractivity contribution in [3.8, 4) is 5.75 Å². The number of hydrogen-bond acceptors (Lipinski definition) is 4. The number of methoxy groups -OCH3 is 1. The van der Waals surface area contributed by atoms with Crippen molar-refractivity contribution in [3.63, 3.8) is 0 Å². The van der Waals surface area contributed by atoms with Gasteiger partial charge < -0.3 is 14.9 Å². The monoisotopic (exact) mass is 238 g/mol. The second kappa shape index (κ2) is 5.45. The number of carbonyl (C=O) groups is 2. The van der Waals surface area contributed by atoms with Crippen molar-refractivity contribution >= 4 is 11.8 Å². The Hall–Kier alpha value is -1.88. The largest absolute Gasteiger partial charge is 0.497 e. The molecule has 0 heterocycles. The van der Waals surface area contributed by atoms with E-state index in [4.69, 9.17) is 9.84 Å². The van der Waals surface area contributed by atoms with E-state index in [1.165, 1.54) is 26.2 Å². The molecule has 0 saturated carbocycles. The molecule has 92 valence electrons. The molecule has 0 radical (unpaired) electrons. The first-order chi connectivity index (χ1) is 7.93. The Kier molecular flexibility index (Phi) is 4.23. The van der Waals surface area contributed by atoms with Crippen LogP contribution >= 0.6 is 0 Å². The predicted molar refractivity (Wildman–Crippen MR) is 60.0 cm³/mol. The number of rotatable bonds is 5. The maximum Gasteiger partial charge on any atom is 0.337 e. The van der Waals surface area contributed by atoms with E-state index in [9.17, 15) is 14.7 Å². The summed E-state index contributed by atoms with van der Waals surface area (Å²) in [7, 11) is 1.43. The van der Waals surface area contributed by atoms with E-state index in [1.54, 1.807) is 6.07 Å². The zero-order valence-corrected chi connectivity index (χ0v) is 9.64. The van der Waals surface area contributed by atoms with Crippen LogP contribution in [0.2, 0.25) is 0 Å². The van der Waals surface area contributed by atoms with Crippen molar-refractivity contribution < 1.29 is 24.5 Å². The highest BCUT2D eigenvalue weighted by atomic mass is 16.5. The molecule has 5 nitrogen and oxygen atoms in total. The molecule has 1 aromatic rings. The minimum absolute atomic E-state index is 0.0472. The first kappa shape index (κ1) is 13.2. The molecule has 0 aliphatic heterocycles. The zero-order valence-electron chi connectivity index (χ0n) is 9.64. The van der Waals surface area contributed by atoms with Crippen molar-refractivity contribution in [2.24, 2.45) is 0 Å². The van der Waals surface area contributed by atoms with Crippen LogP contribution in [0.25, 0.3) is 0 Å². The standard InChI is InChI=1S/C12H14O5/c1-7(13)3-8-4-9(11(14)12(15)16)6-10(5-8)17-2/h4-6,11,14H,3H2,1-2H3,(H,15,16). The highest BCUT2D eigenvalue weighted by molar-refractivity contribution is 5.79. The summed E-state index contributed by atoms with van der Waals surface area (Å²) in [6.07, 6.45) is -1.44. The summed E-state index contributed by atoms with van der Waals surface area (Å²) in [6.45, 7) is 1.44. The molecule has 5 heteroatoms. The summed E-state index contributed by atoms with van der Waals surface area (Å²) in [4.78, 5) is 21.7. The Labute approximate surface area is 98.6 Å². The second-order valence-electron chi connectivity index (χ2n) is 3.73. The number of carbonyl (C=O) groups excluding carboxylic acids is 1. The Bertz CT molecular complexity index is 439. The van der Waals surface area contributed by atoms with E-state index >= 15 is 0 Å². The van der Waals surface area contributed by atoms with Crippen molar-refractivity contribution in [1.29, 1.82) is 0 Å². The average Bonchev–Trinajstić information content (AvgIpc) is 2.26. The molecule has 1 rings (SSSR count). The minimum atomic E-state index is -1.61. The smallest absolute Gasteiger partial charge is 0.337 e. The van der Waals surface area contributed by atoms with Gasteiger partial charge in [0.05, 0.1) is 7.11 Å². The summed E-state index contributed by atoms with van der Waals surface area (Å²) in [5, 5.41) is 18.2. The number of carboxylic acids is 1. The number of aliphatic hydroxyl groups excluding tert-OH is 1. The van der Waals surface area contributed by atoms with Crippen LogP contribution in [0.1, 0.15) is 24.2 Å². The van der Waals surface area contributed by atoms with E-state index in [0.717, 1.165) is 0 Å². The van der Waals surface area contributed by atoms with Crippen molar-refractivity contribution in [2.45, 2.75) is 19.4 Å². The summed E-state index contributed by atoms with van der Waals surface area (Å²) < 4.78 is 4.99. The molecule has 0 fully saturated rings. The number of aliphatic carboxylic acids is 1. The van der Waals surface area contributed by atoms with E-state index in [1.807, 2.05) is 0 Å². The van der Waals surface area contributed by atoms with E-state index in [0.29, 0.717) is 11.3 Å². The summed E-state index contributed by atoms with van der Waals surface area (Å²) >= 11 is 0. The Morgan fingerprint density at radius 1 is 1.35 bits per heavy atom. The van der Waals surface area contributed by atoms with Crippen LogP contribution in [-0.2, 0) is 16.0 Å². The van der Waals surface area contributed by atoms with Gasteiger partial charge in [-0.3, -0.25) is 4.79 Å². The van der Waals surface area contributed by atoms with E-state index in [-0.39, 0.29) is 17.8 Å². The van der Waals surface area contributed by atoms with Gasteiger partial charge in [0, 0.05) is 6.42 Å². The topological polar surface area (TPSA) is 83.8 Å². The number of ether oxygens (including phenoxy) is 1. The Morgan fingerprint density at radius 2 is 2.00 bits per heavy atom. The molecular weight excluding hydrogens is 224 g/mol. The molecular formula is C12H14O5. The van der Waals surface area contributed by atoms with Gasteiger partial charge >= 0.3 is 5.97 Å². The molecule has 0 spiro atoms. The van der Waals surface area contributed by atoms with Gasteiger partial charge in [-0.1, -0.05) is 6.07 Å². The molecule has 0 aliphatic carbocycles. The van der Waals surface area contributed by atoms with Crippen LogP contribution in [-0.4, -0.2) is 29.1 Å². The lowest BCUT2D eigenvalue weighted by Crippen LogP contribution is -2.11. The normalized spacial score (nSPS) is 11.9. The molecule has 0 bridgehead atoms. The van der Waals surface area contributed by atoms with Crippen LogP contribution in [0, 0.1) is 0 Å². The lowest BCUT2D eigenvalue weighted by molar-refractivity contribution is -0.146. The fourth-order valence-corrected chi connectivity index (χ4v) is 1.49. The molecule has 17 heavy (non-hydrogen) atoms. The number of benzene rings is 1. The van der Waals surface area contributed by atoms with Gasteiger partial charge in [-0.05, 0) is 30.2 Å². The second-order valence-corrected chi connectivity index (χ2v) is 3.73. The molecule has 0 aromatic heterocycles. The third-order valence-electron chi connectivity index (χ3n) is 2.23. The number of ketones is 1. The van der Waals surface area contributed by atoms with E-state index < -0.39 is 12.1 Å². The van der Waals surface area contributed by atoms with Crippen molar-refractivity contribution in [3.05, 3.63) is 29.3 Å². The fourth-order valence-electron chi connectivity index (χ4n) is 1.49. The quantitative estimate of drug-likeness (QED) is 0.797. The van der Waals surface area contributed by atoms with E-state index in [2.05, 4.69) is 0 Å². The number of Topliss-reactive ketones (excluding diaryl/α,β-unsaturated/α-hetero) is 1. The Morgan fingerprint density at radius 3 is 2.47 bits per heavy atom. The van der Waals surface area contributed by atoms with Gasteiger partial charge in [0.25, 0.3) is 0 Å². The summed E-state index contributed by atoms with van der Waals surface area (Å²) in [5.74, 6) is -0.972. The lowest BCUT2D eigenvalue weighted by Gasteiger charge is -2.10. The molecule has 0 aliphatic rings. The molecule has 1 aromatic carbocycles. The van der Waals surface area contributed by atoms with Crippen LogP contribution in [0.5, 0.6) is 5.75 Å². The van der Waals surface area contributed by atoms with Gasteiger partial charge in [0.15, 0.2) is 6.10 Å². The highest BCUT2D eigenvalue weighted by Gasteiger charge is 2.17. The third kappa shape index (κ3) is 3.57. The van der Waals surface area contributed by atoms with Crippen LogP contribution in [0.15, 0.2) is 18.2 Å². The Balaban J connectivity index is 3.13. The molecule has 0 amide bonds. The van der Waals surface area contributed by atoms with Crippen molar-refractivity contribution in [2.75, 3.05) is 7.11 Å². The maximum atomic E-state index is 11.0. The van der Waals surface area contributed by atoms with Gasteiger partial charge in [-0.25, -0.2) is 4.79 Å². The predicted octanol–water partition coefficient (Wildman–Crippen LogP) is 0.945. The molecule has 0 saturated heterocycles. The first-order valence-electron chi connectivity index (χ1n) is 5.02. The first-order valence-corrected chi connectivity index (χ1v) is 5.02. The number of aliphatic hydroxyl groups is 1. The number of hydrogen-bond donors (Lipinski definition) is 2. The zero-order chi connectivity index (χ0) is 13.0. The summed E-state index contributed by atoms with van der Waals surface area (Å²) in [5.41, 5.74) is 0.820. The SMILES string of the molecule is COc1cc(CC(C)=O)cc(C(O)C(=O)O)c1. The molecule has 2 N–H and O–H groups in total. The fraction of sp³-hybridized carbons (Fsp3) is 0.333. The van der Waals surface area contributed by atoms with Gasteiger partial charge in [-0.15, -0.1) is 0 Å². The van der Waals surface area contributed by atoms with Crippen molar-refractivity contribution in [1.82, 2.24) is 0 Å². The third-order valence-corrected chi connectivity index (χ3v) is 2.23. The maximum absolute atomic E-state index is 11.0. The van der Waals surface area contributed by atoms with Crippen LogP contribution in [0.4, 0.5) is 0 Å². The molecule has 1 atom stereocenters. The molecule has 1 unspecified atom stereocenters. The average molecular weight is 238 g/mol. The van der Waals surface area contributed by atoms with Gasteiger partial charge in [-0.2, -0.15) is 0 Å².